The zero-order valence-corrected chi connectivity index (χ0v) is 10.4. The number of fused-ring (bicyclic) bond motifs is 1. The topological polar surface area (TPSA) is 50.7 Å². The zero-order chi connectivity index (χ0) is 12.6. The average Bonchev–Trinajstić information content (AvgIpc) is 2.13. The van der Waals surface area contributed by atoms with Crippen LogP contribution in [0.5, 0.6) is 0 Å². The van der Waals surface area contributed by atoms with Crippen LogP contribution in [0, 0.1) is 12.7 Å². The molecule has 2 aromatic rings. The molecule has 0 aromatic carbocycles. The average molecular weight is 234 g/mol. The van der Waals surface area contributed by atoms with Crippen molar-refractivity contribution in [2.45, 2.75) is 33.2 Å². The van der Waals surface area contributed by atoms with E-state index in [1.165, 1.54) is 12.3 Å². The quantitative estimate of drug-likeness (QED) is 0.824. The lowest BCUT2D eigenvalue weighted by Gasteiger charge is -2.22. The van der Waals surface area contributed by atoms with E-state index in [9.17, 15) is 4.39 Å². The number of pyridine rings is 1. The second kappa shape index (κ2) is 3.91. The Hall–Kier alpha value is -1.78. The molecule has 2 aromatic heterocycles. The lowest BCUT2D eigenvalue weighted by molar-refractivity contribution is 0.622. The van der Waals surface area contributed by atoms with Gasteiger partial charge in [-0.15, -0.1) is 0 Å². The predicted octanol–water partition coefficient (Wildman–Crippen LogP) is 2.68. The van der Waals surface area contributed by atoms with Crippen molar-refractivity contribution in [1.82, 2.24) is 15.0 Å². The summed E-state index contributed by atoms with van der Waals surface area (Å²) in [5.74, 6) is 0.842. The Balaban J connectivity index is 2.62. The van der Waals surface area contributed by atoms with Gasteiger partial charge < -0.3 is 5.32 Å². The third-order valence-electron chi connectivity index (χ3n) is 2.11. The Labute approximate surface area is 99.3 Å². The molecule has 5 heteroatoms. The first-order valence-corrected chi connectivity index (χ1v) is 5.43. The number of nitrogens with zero attached hydrogens (tertiary/aromatic N) is 3. The molecule has 0 fully saturated rings. The minimum atomic E-state index is -0.391. The van der Waals surface area contributed by atoms with E-state index < -0.39 is 5.82 Å². The molecule has 4 nitrogen and oxygen atoms in total. The molecule has 2 heterocycles. The van der Waals surface area contributed by atoms with E-state index in [1.807, 2.05) is 20.8 Å². The van der Waals surface area contributed by atoms with E-state index in [-0.39, 0.29) is 5.54 Å². The van der Waals surface area contributed by atoms with Gasteiger partial charge in [0.2, 0.25) is 0 Å². The van der Waals surface area contributed by atoms with Gasteiger partial charge in [-0.25, -0.2) is 19.3 Å². The smallest absolute Gasteiger partial charge is 0.156 e. The van der Waals surface area contributed by atoms with Crippen LogP contribution in [0.1, 0.15) is 26.6 Å². The molecule has 90 valence electrons. The van der Waals surface area contributed by atoms with E-state index in [4.69, 9.17) is 0 Å². The maximum atomic E-state index is 13.1. The number of anilines is 1. The van der Waals surface area contributed by atoms with Crippen molar-refractivity contribution in [2.24, 2.45) is 0 Å². The first-order chi connectivity index (χ1) is 7.85. The highest BCUT2D eigenvalue weighted by atomic mass is 19.1. The van der Waals surface area contributed by atoms with Crippen molar-refractivity contribution in [3.63, 3.8) is 0 Å². The fourth-order valence-corrected chi connectivity index (χ4v) is 1.55. The summed E-state index contributed by atoms with van der Waals surface area (Å²) in [4.78, 5) is 12.5. The Morgan fingerprint density at radius 3 is 2.59 bits per heavy atom. The van der Waals surface area contributed by atoms with Crippen molar-refractivity contribution >= 4 is 16.9 Å². The minimum absolute atomic E-state index is 0.135. The Bertz CT molecular complexity index is 555. The third kappa shape index (κ3) is 2.67. The molecule has 2 rings (SSSR count). The highest BCUT2D eigenvalue weighted by Gasteiger charge is 2.14. The van der Waals surface area contributed by atoms with Gasteiger partial charge in [-0.05, 0) is 27.7 Å². The van der Waals surface area contributed by atoms with Crippen molar-refractivity contribution in [2.75, 3.05) is 5.32 Å². The number of nitrogens with one attached hydrogen (secondary N) is 1. The van der Waals surface area contributed by atoms with Crippen LogP contribution < -0.4 is 5.32 Å². The molecule has 0 aliphatic rings. The van der Waals surface area contributed by atoms with Crippen LogP contribution in [0.3, 0.4) is 0 Å². The van der Waals surface area contributed by atoms with Gasteiger partial charge in [-0.1, -0.05) is 0 Å². The van der Waals surface area contributed by atoms with Crippen LogP contribution >= 0.6 is 0 Å². The second-order valence-electron chi connectivity index (χ2n) is 5.02. The summed E-state index contributed by atoms with van der Waals surface area (Å²) in [7, 11) is 0. The molecule has 0 aliphatic heterocycles. The van der Waals surface area contributed by atoms with Crippen LogP contribution in [0.4, 0.5) is 10.2 Å². The fourth-order valence-electron chi connectivity index (χ4n) is 1.55. The summed E-state index contributed by atoms with van der Waals surface area (Å²) in [6.07, 6.45) is 1.18. The molecule has 0 radical (unpaired) electrons. The lowest BCUT2D eigenvalue weighted by Crippen LogP contribution is -2.27. The van der Waals surface area contributed by atoms with Crippen LogP contribution in [-0.4, -0.2) is 20.5 Å². The number of halogens is 1. The third-order valence-corrected chi connectivity index (χ3v) is 2.11. The first kappa shape index (κ1) is 11.7. The highest BCUT2D eigenvalue weighted by molar-refractivity contribution is 5.85. The number of aryl methyl sites for hydroxylation is 1. The van der Waals surface area contributed by atoms with E-state index in [0.717, 1.165) is 0 Å². The molecule has 0 bridgehead atoms. The van der Waals surface area contributed by atoms with E-state index >= 15 is 0 Å². The van der Waals surface area contributed by atoms with Crippen molar-refractivity contribution in [1.29, 1.82) is 0 Å². The number of rotatable bonds is 1. The summed E-state index contributed by atoms with van der Waals surface area (Å²) in [6.45, 7) is 7.86. The number of hydrogen-bond acceptors (Lipinski definition) is 4. The van der Waals surface area contributed by atoms with Crippen LogP contribution in [0.2, 0.25) is 0 Å². The standard InChI is InChI=1S/C12H15FN4/c1-7-15-9-5-8(13)6-14-10(9)11(16-7)17-12(2,3)4/h5-6H,1-4H3,(H,15,16,17). The van der Waals surface area contributed by atoms with Gasteiger partial charge in [0.25, 0.3) is 0 Å². The van der Waals surface area contributed by atoms with Crippen molar-refractivity contribution in [3.8, 4) is 0 Å². The maximum Gasteiger partial charge on any atom is 0.156 e. The SMILES string of the molecule is Cc1nc(NC(C)(C)C)c2ncc(F)cc2n1. The van der Waals surface area contributed by atoms with Crippen molar-refractivity contribution < 1.29 is 4.39 Å². The normalized spacial score (nSPS) is 11.8. The molecule has 1 N–H and O–H groups in total. The van der Waals surface area contributed by atoms with Gasteiger partial charge in [0.1, 0.15) is 17.2 Å². The van der Waals surface area contributed by atoms with Crippen molar-refractivity contribution in [3.05, 3.63) is 23.9 Å². The largest absolute Gasteiger partial charge is 0.364 e. The van der Waals surface area contributed by atoms with Crippen LogP contribution in [-0.2, 0) is 0 Å². The molecule has 0 unspecified atom stereocenters. The van der Waals surface area contributed by atoms with Gasteiger partial charge in [0, 0.05) is 11.6 Å². The van der Waals surface area contributed by atoms with Crippen LogP contribution in [0.15, 0.2) is 12.3 Å². The summed E-state index contributed by atoms with van der Waals surface area (Å²) < 4.78 is 13.1. The van der Waals surface area contributed by atoms with Crippen LogP contribution in [0.25, 0.3) is 11.0 Å². The molecule has 0 saturated carbocycles. The molecular weight excluding hydrogens is 219 g/mol. The van der Waals surface area contributed by atoms with E-state index in [0.29, 0.717) is 22.7 Å². The lowest BCUT2D eigenvalue weighted by atomic mass is 10.1. The summed E-state index contributed by atoms with van der Waals surface area (Å²) in [5, 5.41) is 3.25. The second-order valence-corrected chi connectivity index (χ2v) is 5.02. The fraction of sp³-hybridized carbons (Fsp3) is 0.417. The molecule has 0 aliphatic carbocycles. The zero-order valence-electron chi connectivity index (χ0n) is 10.4. The number of aromatic nitrogens is 3. The molecule has 0 amide bonds. The highest BCUT2D eigenvalue weighted by Crippen LogP contribution is 2.21. The van der Waals surface area contributed by atoms with Gasteiger partial charge in [-0.2, -0.15) is 0 Å². The van der Waals surface area contributed by atoms with Gasteiger partial charge in [0.15, 0.2) is 5.82 Å². The van der Waals surface area contributed by atoms with E-state index in [2.05, 4.69) is 20.3 Å². The summed E-state index contributed by atoms with van der Waals surface area (Å²) in [5.41, 5.74) is 0.972. The predicted molar refractivity (Wildman–Crippen MR) is 65.4 cm³/mol. The Kier molecular flexibility index (Phi) is 2.69. The van der Waals surface area contributed by atoms with E-state index in [1.54, 1.807) is 6.92 Å². The molecule has 0 spiro atoms. The Morgan fingerprint density at radius 2 is 1.94 bits per heavy atom. The Morgan fingerprint density at radius 1 is 1.24 bits per heavy atom. The molecule has 0 saturated heterocycles. The van der Waals surface area contributed by atoms with Gasteiger partial charge in [0.05, 0.1) is 11.7 Å². The summed E-state index contributed by atoms with van der Waals surface area (Å²) in [6, 6.07) is 1.37. The first-order valence-electron chi connectivity index (χ1n) is 5.43. The molecule has 0 atom stereocenters. The van der Waals surface area contributed by atoms with Gasteiger partial charge >= 0.3 is 0 Å². The monoisotopic (exact) mass is 234 g/mol. The minimum Gasteiger partial charge on any atom is -0.364 e. The summed E-state index contributed by atoms with van der Waals surface area (Å²) >= 11 is 0. The van der Waals surface area contributed by atoms with Gasteiger partial charge in [-0.3, -0.25) is 0 Å². The molecular formula is C12H15FN4. The molecule has 17 heavy (non-hydrogen) atoms. The maximum absolute atomic E-state index is 13.1. The number of hydrogen-bond donors (Lipinski definition) is 1.